The van der Waals surface area contributed by atoms with Gasteiger partial charge in [0.05, 0.1) is 16.9 Å². The summed E-state index contributed by atoms with van der Waals surface area (Å²) in [7, 11) is 0. The lowest BCUT2D eigenvalue weighted by molar-refractivity contribution is -0.198. The molecule has 0 amide bonds. The van der Waals surface area contributed by atoms with Crippen molar-refractivity contribution in [2.75, 3.05) is 5.88 Å². The van der Waals surface area contributed by atoms with E-state index in [1.54, 1.807) is 6.08 Å². The quantitative estimate of drug-likeness (QED) is 0.500. The summed E-state index contributed by atoms with van der Waals surface area (Å²) in [5, 5.41) is 11.6. The van der Waals surface area contributed by atoms with Gasteiger partial charge < -0.3 is 9.84 Å². The summed E-state index contributed by atoms with van der Waals surface area (Å²) < 4.78 is 5.85. The number of Topliss-reactive ketones (excluding diaryl/α,β-unsaturated/α-hetero) is 1. The first-order chi connectivity index (χ1) is 14.4. The molecule has 5 nitrogen and oxygen atoms in total. The fourth-order valence-corrected chi connectivity index (χ4v) is 8.45. The summed E-state index contributed by atoms with van der Waals surface area (Å²) in [6.07, 6.45) is 6.32. The summed E-state index contributed by atoms with van der Waals surface area (Å²) >= 11 is 13.4. The van der Waals surface area contributed by atoms with Crippen LogP contribution in [0.1, 0.15) is 53.4 Å². The van der Waals surface area contributed by atoms with Crippen molar-refractivity contribution in [3.63, 3.8) is 0 Å². The second-order valence-corrected chi connectivity index (χ2v) is 11.2. The summed E-state index contributed by atoms with van der Waals surface area (Å²) in [5.74, 6) is -1.58. The third-order valence-corrected chi connectivity index (χ3v) is 10.2. The van der Waals surface area contributed by atoms with E-state index in [-0.39, 0.29) is 41.6 Å². The van der Waals surface area contributed by atoms with Crippen molar-refractivity contribution >= 4 is 40.7 Å². The normalized spacial score (nSPS) is 48.4. The minimum absolute atomic E-state index is 0.0423. The Labute approximate surface area is 193 Å². The zero-order valence-corrected chi connectivity index (χ0v) is 19.9. The van der Waals surface area contributed by atoms with E-state index < -0.39 is 33.4 Å². The summed E-state index contributed by atoms with van der Waals surface area (Å²) in [6, 6.07) is 0. The molecule has 0 aliphatic heterocycles. The van der Waals surface area contributed by atoms with Crippen LogP contribution in [0.4, 0.5) is 0 Å². The average Bonchev–Trinajstić information content (AvgIpc) is 2.90. The van der Waals surface area contributed by atoms with E-state index in [1.165, 1.54) is 13.0 Å². The molecule has 0 aromatic carbocycles. The van der Waals surface area contributed by atoms with Crippen molar-refractivity contribution in [3.8, 4) is 0 Å². The summed E-state index contributed by atoms with van der Waals surface area (Å²) in [6.45, 7) is 7.17. The van der Waals surface area contributed by atoms with Gasteiger partial charge in [-0.1, -0.05) is 32.4 Å². The number of alkyl halides is 2. The van der Waals surface area contributed by atoms with Gasteiger partial charge in [0.1, 0.15) is 0 Å². The van der Waals surface area contributed by atoms with Gasteiger partial charge in [0.15, 0.2) is 17.2 Å². The van der Waals surface area contributed by atoms with Crippen molar-refractivity contribution in [2.24, 2.45) is 28.6 Å². The van der Waals surface area contributed by atoms with E-state index in [0.717, 1.165) is 5.57 Å². The number of allylic oxidation sites excluding steroid dienone is 4. The Kier molecular flexibility index (Phi) is 5.32. The Bertz CT molecular complexity index is 912. The fourth-order valence-electron chi connectivity index (χ4n) is 7.72. The highest BCUT2D eigenvalue weighted by atomic mass is 35.5. The summed E-state index contributed by atoms with van der Waals surface area (Å²) in [5.41, 5.74) is -1.90. The van der Waals surface area contributed by atoms with Crippen LogP contribution in [0.5, 0.6) is 0 Å². The number of carbonyl (C=O) groups excluding carboxylic acids is 3. The molecule has 0 aromatic rings. The zero-order valence-electron chi connectivity index (χ0n) is 18.4. The Morgan fingerprint density at radius 1 is 1.29 bits per heavy atom. The minimum atomic E-state index is -1.39. The molecule has 0 saturated heterocycles. The Morgan fingerprint density at radius 2 is 1.97 bits per heavy atom. The van der Waals surface area contributed by atoms with E-state index in [0.29, 0.717) is 19.3 Å². The first-order valence-corrected chi connectivity index (χ1v) is 11.9. The number of esters is 1. The predicted octanol–water partition coefficient (Wildman–Crippen LogP) is 3.98. The lowest BCUT2D eigenvalue weighted by Gasteiger charge is -2.64. The Balaban J connectivity index is 1.86. The lowest BCUT2D eigenvalue weighted by Crippen LogP contribution is -2.69. The Hall–Kier alpha value is -1.17. The molecular weight excluding hydrogens is 439 g/mol. The number of rotatable bonds is 3. The topological polar surface area (TPSA) is 80.7 Å². The molecule has 3 fully saturated rings. The van der Waals surface area contributed by atoms with Gasteiger partial charge in [-0.3, -0.25) is 14.4 Å². The van der Waals surface area contributed by atoms with E-state index >= 15 is 0 Å². The zero-order chi connectivity index (χ0) is 23.0. The van der Waals surface area contributed by atoms with Crippen LogP contribution in [0.15, 0.2) is 23.8 Å². The molecule has 3 saturated carbocycles. The Morgan fingerprint density at radius 3 is 2.58 bits per heavy atom. The molecule has 31 heavy (non-hydrogen) atoms. The molecular formula is C24H30Cl2O5. The van der Waals surface area contributed by atoms with Gasteiger partial charge in [-0.2, -0.15) is 0 Å². The van der Waals surface area contributed by atoms with Gasteiger partial charge in [0.2, 0.25) is 0 Å². The molecule has 8 atom stereocenters. The van der Waals surface area contributed by atoms with Crippen molar-refractivity contribution in [1.29, 1.82) is 0 Å². The van der Waals surface area contributed by atoms with Crippen LogP contribution in [0, 0.1) is 28.6 Å². The van der Waals surface area contributed by atoms with Gasteiger partial charge in [0, 0.05) is 23.7 Å². The minimum Gasteiger partial charge on any atom is -0.450 e. The lowest BCUT2D eigenvalue weighted by atomic mass is 9.45. The van der Waals surface area contributed by atoms with Crippen molar-refractivity contribution < 1.29 is 24.2 Å². The van der Waals surface area contributed by atoms with Crippen LogP contribution >= 0.6 is 23.2 Å². The van der Waals surface area contributed by atoms with Crippen molar-refractivity contribution in [2.45, 2.75) is 70.0 Å². The number of carbonyl (C=O) groups is 3. The van der Waals surface area contributed by atoms with E-state index in [1.807, 2.05) is 26.8 Å². The van der Waals surface area contributed by atoms with Crippen LogP contribution in [0.2, 0.25) is 0 Å². The van der Waals surface area contributed by atoms with Crippen LogP contribution in [-0.4, -0.2) is 45.1 Å². The molecule has 7 heteroatoms. The molecule has 0 spiro atoms. The number of aliphatic hydroxyl groups is 1. The number of halogens is 2. The van der Waals surface area contributed by atoms with Crippen molar-refractivity contribution in [3.05, 3.63) is 23.8 Å². The molecule has 4 rings (SSSR count). The third kappa shape index (κ3) is 2.69. The number of ketones is 2. The maximum atomic E-state index is 13.2. The van der Waals surface area contributed by atoms with Gasteiger partial charge in [-0.15, -0.1) is 23.2 Å². The molecule has 0 aromatic heterocycles. The first kappa shape index (κ1) is 23.0. The molecule has 4 aliphatic carbocycles. The number of hydrogen-bond acceptors (Lipinski definition) is 5. The van der Waals surface area contributed by atoms with E-state index in [2.05, 4.69) is 0 Å². The highest BCUT2D eigenvalue weighted by Crippen LogP contribution is 2.72. The average molecular weight is 469 g/mol. The SMILES string of the molecule is CC(=O)O[C@]1(C(=O)CCl)[C@H](C)C[C@H]2[C@@H]3CCC4=CC(=O)C=C[C@]4(C)[C@@]3(Cl)[C@@H](O)C[C@@]21C. The molecule has 0 radical (unpaired) electrons. The van der Waals surface area contributed by atoms with Gasteiger partial charge >= 0.3 is 5.97 Å². The van der Waals surface area contributed by atoms with Gasteiger partial charge in [0.25, 0.3) is 0 Å². The molecule has 170 valence electrons. The number of ether oxygens (including phenoxy) is 1. The van der Waals surface area contributed by atoms with Gasteiger partial charge in [-0.05, 0) is 49.7 Å². The first-order valence-electron chi connectivity index (χ1n) is 11.0. The highest BCUT2D eigenvalue weighted by molar-refractivity contribution is 6.29. The summed E-state index contributed by atoms with van der Waals surface area (Å²) in [4.78, 5) is 36.4. The largest absolute Gasteiger partial charge is 0.450 e. The molecule has 4 aliphatic rings. The fraction of sp³-hybridized carbons (Fsp3) is 0.708. The van der Waals surface area contributed by atoms with Crippen LogP contribution < -0.4 is 0 Å². The van der Waals surface area contributed by atoms with Crippen LogP contribution in [0.3, 0.4) is 0 Å². The molecule has 0 bridgehead atoms. The maximum absolute atomic E-state index is 13.2. The second kappa shape index (κ2) is 7.16. The van der Waals surface area contributed by atoms with Crippen LogP contribution in [0.25, 0.3) is 0 Å². The van der Waals surface area contributed by atoms with E-state index in [9.17, 15) is 19.5 Å². The van der Waals surface area contributed by atoms with E-state index in [4.69, 9.17) is 27.9 Å². The van der Waals surface area contributed by atoms with Crippen LogP contribution in [-0.2, 0) is 19.1 Å². The number of aliphatic hydroxyl groups excluding tert-OH is 1. The molecule has 1 N–H and O–H groups in total. The molecule has 0 heterocycles. The smallest absolute Gasteiger partial charge is 0.303 e. The standard InChI is InChI=1S/C24H30Cl2O5/c1-13-9-18-17-6-5-15-10-16(28)7-8-21(15,3)23(17,26)19(29)11-22(18,4)24(13,20(30)12-25)31-14(2)27/h7-8,10,13,17-19,29H,5-6,9,11-12H2,1-4H3/t13-,17+,18+,19+,21+,22+,23+,24+/m1/s1. The number of hydrogen-bond donors (Lipinski definition) is 1. The third-order valence-electron chi connectivity index (χ3n) is 9.02. The monoisotopic (exact) mass is 468 g/mol. The molecule has 0 unspecified atom stereocenters. The number of fused-ring (bicyclic) bond motifs is 5. The van der Waals surface area contributed by atoms with Gasteiger partial charge in [-0.25, -0.2) is 0 Å². The van der Waals surface area contributed by atoms with Crippen molar-refractivity contribution in [1.82, 2.24) is 0 Å². The predicted molar refractivity (Wildman–Crippen MR) is 118 cm³/mol. The highest BCUT2D eigenvalue weighted by Gasteiger charge is 2.76. The second-order valence-electron chi connectivity index (χ2n) is 10.3. The maximum Gasteiger partial charge on any atom is 0.303 e.